The van der Waals surface area contributed by atoms with E-state index in [0.29, 0.717) is 13.0 Å². The zero-order chi connectivity index (χ0) is 16.3. The number of benzene rings is 1. The van der Waals surface area contributed by atoms with Crippen LogP contribution in [0.3, 0.4) is 0 Å². The van der Waals surface area contributed by atoms with E-state index in [-0.39, 0.29) is 29.8 Å². The van der Waals surface area contributed by atoms with Crippen molar-refractivity contribution in [2.24, 2.45) is 0 Å². The third kappa shape index (κ3) is 3.63. The van der Waals surface area contributed by atoms with E-state index in [2.05, 4.69) is 10.0 Å². The molecule has 1 aliphatic heterocycles. The van der Waals surface area contributed by atoms with Gasteiger partial charge < -0.3 is 10.2 Å². The number of amides is 2. The first-order valence-corrected chi connectivity index (χ1v) is 8.45. The van der Waals surface area contributed by atoms with Gasteiger partial charge in [0.25, 0.3) is 0 Å². The summed E-state index contributed by atoms with van der Waals surface area (Å²) in [5, 5.41) is 2.52. The summed E-state index contributed by atoms with van der Waals surface area (Å²) >= 11 is 0. The molecule has 1 aromatic carbocycles. The average Bonchev–Trinajstić information content (AvgIpc) is 2.86. The van der Waals surface area contributed by atoms with Gasteiger partial charge in [0.1, 0.15) is 0 Å². The molecule has 120 valence electrons. The molecule has 0 aliphatic carbocycles. The molecule has 1 aliphatic rings. The van der Waals surface area contributed by atoms with E-state index in [9.17, 15) is 18.0 Å². The van der Waals surface area contributed by atoms with Gasteiger partial charge in [-0.1, -0.05) is 0 Å². The molecular formula is C14H19N3O4S. The Bertz CT molecular complexity index is 700. The van der Waals surface area contributed by atoms with Gasteiger partial charge in [0.2, 0.25) is 21.8 Å². The Morgan fingerprint density at radius 1 is 1.23 bits per heavy atom. The summed E-state index contributed by atoms with van der Waals surface area (Å²) in [5.41, 5.74) is 1.62. The van der Waals surface area contributed by atoms with Crippen molar-refractivity contribution in [1.82, 2.24) is 10.0 Å². The zero-order valence-corrected chi connectivity index (χ0v) is 13.4. The molecule has 2 N–H and O–H groups in total. The summed E-state index contributed by atoms with van der Waals surface area (Å²) in [6.45, 7) is 3.79. The lowest BCUT2D eigenvalue weighted by Crippen LogP contribution is -2.33. The van der Waals surface area contributed by atoms with E-state index in [0.717, 1.165) is 11.3 Å². The summed E-state index contributed by atoms with van der Waals surface area (Å²) in [4.78, 5) is 24.0. The van der Waals surface area contributed by atoms with Crippen LogP contribution in [0.1, 0.15) is 19.4 Å². The number of carbonyl (C=O) groups is 2. The van der Waals surface area contributed by atoms with Crippen LogP contribution in [0.5, 0.6) is 0 Å². The van der Waals surface area contributed by atoms with E-state index in [1.807, 2.05) is 0 Å². The van der Waals surface area contributed by atoms with Gasteiger partial charge in [0.05, 0.1) is 4.90 Å². The molecule has 8 heteroatoms. The maximum atomic E-state index is 12.2. The number of sulfonamides is 1. The zero-order valence-electron chi connectivity index (χ0n) is 12.5. The first kappa shape index (κ1) is 16.4. The molecule has 0 unspecified atom stereocenters. The Labute approximate surface area is 129 Å². The lowest BCUT2D eigenvalue weighted by Gasteiger charge is -2.15. The molecule has 1 heterocycles. The number of carbonyl (C=O) groups excluding carboxylic acids is 2. The standard InChI is InChI=1S/C14H19N3O4S/c1-10(18)15-6-7-16-22(20,21)13-3-4-14-12(9-13)5-8-17(14)11(2)19/h3-4,9,16H,5-8H2,1-2H3,(H,15,18). The van der Waals surface area contributed by atoms with Gasteiger partial charge in [-0.25, -0.2) is 13.1 Å². The number of fused-ring (bicyclic) bond motifs is 1. The molecule has 2 amide bonds. The maximum absolute atomic E-state index is 12.2. The van der Waals surface area contributed by atoms with E-state index < -0.39 is 10.0 Å². The molecule has 0 atom stereocenters. The third-order valence-corrected chi connectivity index (χ3v) is 4.89. The molecule has 0 bridgehead atoms. The normalized spacial score (nSPS) is 13.8. The first-order valence-electron chi connectivity index (χ1n) is 6.96. The van der Waals surface area contributed by atoms with E-state index in [4.69, 9.17) is 0 Å². The fraction of sp³-hybridized carbons (Fsp3) is 0.429. The van der Waals surface area contributed by atoms with E-state index in [1.165, 1.54) is 19.9 Å². The van der Waals surface area contributed by atoms with Crippen LogP contribution >= 0.6 is 0 Å². The lowest BCUT2D eigenvalue weighted by atomic mass is 10.2. The SMILES string of the molecule is CC(=O)NCCNS(=O)(=O)c1ccc2c(c1)CCN2C(C)=O. The molecule has 0 saturated heterocycles. The number of nitrogens with one attached hydrogen (secondary N) is 2. The van der Waals surface area contributed by atoms with E-state index in [1.54, 1.807) is 17.0 Å². The van der Waals surface area contributed by atoms with Gasteiger partial charge in [0.15, 0.2) is 0 Å². The highest BCUT2D eigenvalue weighted by atomic mass is 32.2. The summed E-state index contributed by atoms with van der Waals surface area (Å²) in [6.07, 6.45) is 0.643. The van der Waals surface area contributed by atoms with Gasteiger partial charge in [0, 0.05) is 39.2 Å². The quantitative estimate of drug-likeness (QED) is 0.746. The van der Waals surface area contributed by atoms with Crippen molar-refractivity contribution in [1.29, 1.82) is 0 Å². The predicted molar refractivity (Wildman–Crippen MR) is 82.0 cm³/mol. The van der Waals surface area contributed by atoms with Gasteiger partial charge in [-0.15, -0.1) is 0 Å². The molecule has 7 nitrogen and oxygen atoms in total. The second kappa shape index (κ2) is 6.45. The van der Waals surface area contributed by atoms with Crippen LogP contribution in [0.15, 0.2) is 23.1 Å². The minimum Gasteiger partial charge on any atom is -0.355 e. The maximum Gasteiger partial charge on any atom is 0.240 e. The highest BCUT2D eigenvalue weighted by Gasteiger charge is 2.24. The van der Waals surface area contributed by atoms with Crippen molar-refractivity contribution < 1.29 is 18.0 Å². The Hall–Kier alpha value is -1.93. The number of hydrogen-bond donors (Lipinski definition) is 2. The van der Waals surface area contributed by atoms with Crippen LogP contribution in [0, 0.1) is 0 Å². The van der Waals surface area contributed by atoms with Crippen molar-refractivity contribution in [2.45, 2.75) is 25.2 Å². The molecule has 0 saturated carbocycles. The van der Waals surface area contributed by atoms with Crippen LogP contribution in [-0.4, -0.2) is 39.9 Å². The van der Waals surface area contributed by atoms with Gasteiger partial charge >= 0.3 is 0 Å². The fourth-order valence-electron chi connectivity index (χ4n) is 2.38. The minimum atomic E-state index is -3.62. The fourth-order valence-corrected chi connectivity index (χ4v) is 3.46. The van der Waals surface area contributed by atoms with Crippen molar-refractivity contribution >= 4 is 27.5 Å². The Morgan fingerprint density at radius 2 is 1.95 bits per heavy atom. The summed E-state index contributed by atoms with van der Waals surface area (Å²) in [6, 6.07) is 4.74. The Morgan fingerprint density at radius 3 is 2.59 bits per heavy atom. The van der Waals surface area contributed by atoms with Crippen molar-refractivity contribution in [3.05, 3.63) is 23.8 Å². The minimum absolute atomic E-state index is 0.0530. The molecule has 2 rings (SSSR count). The molecular weight excluding hydrogens is 306 g/mol. The van der Waals surface area contributed by atoms with Gasteiger partial charge in [-0.05, 0) is 30.2 Å². The molecule has 0 aromatic heterocycles. The third-order valence-electron chi connectivity index (χ3n) is 3.43. The van der Waals surface area contributed by atoms with Crippen molar-refractivity contribution in [3.8, 4) is 0 Å². The van der Waals surface area contributed by atoms with Crippen molar-refractivity contribution in [3.63, 3.8) is 0 Å². The van der Waals surface area contributed by atoms with Crippen LogP contribution in [-0.2, 0) is 26.0 Å². The average molecular weight is 325 g/mol. The van der Waals surface area contributed by atoms with Gasteiger partial charge in [-0.2, -0.15) is 0 Å². The molecule has 22 heavy (non-hydrogen) atoms. The van der Waals surface area contributed by atoms with Gasteiger partial charge in [-0.3, -0.25) is 9.59 Å². The smallest absolute Gasteiger partial charge is 0.240 e. The summed E-state index contributed by atoms with van der Waals surface area (Å²) < 4.78 is 26.8. The predicted octanol–water partition coefficient (Wildman–Crippen LogP) is 0.0100. The topological polar surface area (TPSA) is 95.6 Å². The summed E-state index contributed by atoms with van der Waals surface area (Å²) in [5.74, 6) is -0.260. The van der Waals surface area contributed by atoms with Crippen LogP contribution in [0.2, 0.25) is 0 Å². The Balaban J connectivity index is 2.10. The molecule has 1 aromatic rings. The summed E-state index contributed by atoms with van der Waals surface area (Å²) in [7, 11) is -3.62. The molecule has 0 fully saturated rings. The highest BCUT2D eigenvalue weighted by molar-refractivity contribution is 7.89. The number of anilines is 1. The second-order valence-electron chi connectivity index (χ2n) is 5.09. The monoisotopic (exact) mass is 325 g/mol. The van der Waals surface area contributed by atoms with E-state index >= 15 is 0 Å². The highest BCUT2D eigenvalue weighted by Crippen LogP contribution is 2.30. The number of hydrogen-bond acceptors (Lipinski definition) is 4. The molecule has 0 radical (unpaired) electrons. The van der Waals surface area contributed by atoms with Crippen LogP contribution < -0.4 is 14.9 Å². The number of rotatable bonds is 5. The number of nitrogens with zero attached hydrogens (tertiary/aromatic N) is 1. The Kier molecular flexibility index (Phi) is 4.82. The lowest BCUT2D eigenvalue weighted by molar-refractivity contribution is -0.119. The van der Waals surface area contributed by atoms with Crippen LogP contribution in [0.25, 0.3) is 0 Å². The second-order valence-corrected chi connectivity index (χ2v) is 6.86. The van der Waals surface area contributed by atoms with Crippen molar-refractivity contribution in [2.75, 3.05) is 24.5 Å². The van der Waals surface area contributed by atoms with Crippen LogP contribution in [0.4, 0.5) is 5.69 Å². The molecule has 0 spiro atoms. The largest absolute Gasteiger partial charge is 0.355 e. The first-order chi connectivity index (χ1) is 10.3.